The second kappa shape index (κ2) is 9.81. The summed E-state index contributed by atoms with van der Waals surface area (Å²) in [5.41, 5.74) is 2.64. The van der Waals surface area contributed by atoms with E-state index in [4.69, 9.17) is 4.79 Å². The number of nitrogens with one attached hydrogen (secondary N) is 1. The number of rotatable bonds is 5. The van der Waals surface area contributed by atoms with Gasteiger partial charge in [0.05, 0.1) is 22.4 Å². The van der Waals surface area contributed by atoms with Gasteiger partial charge < -0.3 is 15.0 Å². The Morgan fingerprint density at radius 1 is 1.00 bits per heavy atom. The number of hydrogen-bond donors (Lipinski definition) is 1. The molecule has 4 nitrogen and oxygen atoms in total. The van der Waals surface area contributed by atoms with E-state index in [2.05, 4.69) is 5.32 Å². The Hall–Kier alpha value is -3.68. The Bertz CT molecular complexity index is 1410. The highest BCUT2D eigenvalue weighted by Crippen LogP contribution is 2.58. The quantitative estimate of drug-likeness (QED) is 0.286. The minimum Gasteiger partial charge on any atom is -0.365 e. The smallest absolute Gasteiger partial charge is 0.365 e. The molecule has 1 amide bonds. The monoisotopic (exact) mass is 538 g/mol. The summed E-state index contributed by atoms with van der Waals surface area (Å²) in [4.78, 5) is 24.3. The van der Waals surface area contributed by atoms with Gasteiger partial charge in [0.25, 0.3) is 5.91 Å². The van der Waals surface area contributed by atoms with E-state index in [-0.39, 0.29) is 23.4 Å². The van der Waals surface area contributed by atoms with E-state index < -0.39 is 23.1 Å². The molecule has 39 heavy (non-hydrogen) atoms. The van der Waals surface area contributed by atoms with Crippen molar-refractivity contribution in [2.24, 2.45) is 0 Å². The van der Waals surface area contributed by atoms with Gasteiger partial charge in [0.1, 0.15) is 12.1 Å². The number of amides is 1. The number of aryl methyl sites for hydroxylation is 1. The first kappa shape index (κ1) is 26.9. The number of aldehydes is 1. The third-order valence-electron chi connectivity index (χ3n) is 7.97. The number of fused-ring (bicyclic) bond motifs is 2. The lowest BCUT2D eigenvalue weighted by molar-refractivity contribution is -0.140. The van der Waals surface area contributed by atoms with Crippen molar-refractivity contribution in [2.45, 2.75) is 63.2 Å². The molecule has 3 aliphatic rings. The second-order valence-electron chi connectivity index (χ2n) is 10.8. The number of carbonyl (C=O) groups excluding carboxylic acids is 2. The number of hydrogen-bond acceptors (Lipinski definition) is 3. The van der Waals surface area contributed by atoms with E-state index in [0.29, 0.717) is 17.8 Å². The summed E-state index contributed by atoms with van der Waals surface area (Å²) in [6.45, 7) is 3.99. The van der Waals surface area contributed by atoms with Gasteiger partial charge in [-0.25, -0.2) is 4.39 Å². The normalized spacial score (nSPS) is 17.6. The van der Waals surface area contributed by atoms with Crippen LogP contribution in [0.4, 0.5) is 23.2 Å². The van der Waals surface area contributed by atoms with Crippen molar-refractivity contribution in [2.75, 3.05) is 11.4 Å². The van der Waals surface area contributed by atoms with Crippen LogP contribution in [-0.2, 0) is 28.5 Å². The molecule has 3 aromatic carbocycles. The lowest BCUT2D eigenvalue weighted by Gasteiger charge is -2.25. The summed E-state index contributed by atoms with van der Waals surface area (Å²) < 4.78 is 54.8. The van der Waals surface area contributed by atoms with Crippen molar-refractivity contribution >= 4 is 17.9 Å². The molecule has 1 heterocycles. The van der Waals surface area contributed by atoms with Crippen molar-refractivity contribution < 1.29 is 27.2 Å². The molecule has 0 unspecified atom stereocenters. The Balaban J connectivity index is 0.000000983. The number of para-hydroxylation sites is 1. The van der Waals surface area contributed by atoms with Gasteiger partial charge in [-0.05, 0) is 62.8 Å². The molecular weight excluding hydrogens is 508 g/mol. The van der Waals surface area contributed by atoms with Crippen molar-refractivity contribution in [3.63, 3.8) is 0 Å². The molecule has 2 aliphatic carbocycles. The van der Waals surface area contributed by atoms with Gasteiger partial charge in [-0.1, -0.05) is 54.1 Å². The highest BCUT2D eigenvalue weighted by Gasteiger charge is 2.53. The molecule has 1 aliphatic heterocycles. The topological polar surface area (TPSA) is 49.4 Å². The van der Waals surface area contributed by atoms with Gasteiger partial charge >= 0.3 is 6.18 Å². The minimum atomic E-state index is -4.76. The predicted octanol–water partition coefficient (Wildman–Crippen LogP) is 6.83. The maximum Gasteiger partial charge on any atom is 0.419 e. The highest BCUT2D eigenvalue weighted by atomic mass is 19.4. The van der Waals surface area contributed by atoms with Crippen LogP contribution in [0.5, 0.6) is 0 Å². The lowest BCUT2D eigenvalue weighted by atomic mass is 9.96. The Labute approximate surface area is 225 Å². The van der Waals surface area contributed by atoms with Crippen LogP contribution in [0.2, 0.25) is 0 Å². The van der Waals surface area contributed by atoms with Crippen LogP contribution in [0, 0.1) is 12.7 Å². The number of carbonyl (C=O) groups is 2. The summed E-state index contributed by atoms with van der Waals surface area (Å²) in [6, 6.07) is 17.2. The zero-order valence-electron chi connectivity index (χ0n) is 21.9. The summed E-state index contributed by atoms with van der Waals surface area (Å²) >= 11 is 0. The molecule has 8 heteroatoms. The van der Waals surface area contributed by atoms with Crippen molar-refractivity contribution in [3.8, 4) is 0 Å². The van der Waals surface area contributed by atoms with Gasteiger partial charge in [-0.3, -0.25) is 4.79 Å². The van der Waals surface area contributed by atoms with Gasteiger partial charge in [0, 0.05) is 24.1 Å². The zero-order valence-corrected chi connectivity index (χ0v) is 21.9. The van der Waals surface area contributed by atoms with Crippen LogP contribution in [-0.4, -0.2) is 18.7 Å². The molecule has 3 aromatic rings. The van der Waals surface area contributed by atoms with Crippen LogP contribution >= 0.6 is 0 Å². The molecule has 2 fully saturated rings. The second-order valence-corrected chi connectivity index (χ2v) is 10.8. The average molecular weight is 539 g/mol. The first-order valence-corrected chi connectivity index (χ1v) is 13.1. The van der Waals surface area contributed by atoms with Gasteiger partial charge in [-0.2, -0.15) is 13.2 Å². The molecular formula is C31H30F4N2O2. The van der Waals surface area contributed by atoms with Crippen LogP contribution in [0.15, 0.2) is 60.7 Å². The van der Waals surface area contributed by atoms with Crippen molar-refractivity contribution in [3.05, 3.63) is 99.9 Å². The van der Waals surface area contributed by atoms with E-state index in [0.717, 1.165) is 54.7 Å². The maximum absolute atomic E-state index is 14.9. The molecule has 0 saturated heterocycles. The molecule has 2 saturated carbocycles. The predicted molar refractivity (Wildman–Crippen MR) is 141 cm³/mol. The fourth-order valence-corrected chi connectivity index (χ4v) is 5.63. The largest absolute Gasteiger partial charge is 0.419 e. The van der Waals surface area contributed by atoms with Crippen molar-refractivity contribution in [1.82, 2.24) is 5.32 Å². The molecule has 0 aromatic heterocycles. The van der Waals surface area contributed by atoms with Gasteiger partial charge in [0.2, 0.25) is 0 Å². The summed E-state index contributed by atoms with van der Waals surface area (Å²) in [5, 5.41) is 3.23. The molecule has 0 radical (unpaired) electrons. The third kappa shape index (κ3) is 5.04. The van der Waals surface area contributed by atoms with Gasteiger partial charge in [0.15, 0.2) is 0 Å². The van der Waals surface area contributed by atoms with E-state index in [1.165, 1.54) is 19.1 Å². The lowest BCUT2D eigenvalue weighted by Crippen LogP contribution is -2.36. The fraction of sp³-hybridized carbons (Fsp3) is 0.355. The number of anilines is 1. The van der Waals surface area contributed by atoms with Gasteiger partial charge in [-0.15, -0.1) is 0 Å². The van der Waals surface area contributed by atoms with E-state index in [9.17, 15) is 22.4 Å². The fourth-order valence-electron chi connectivity index (χ4n) is 5.63. The molecule has 1 N–H and O–H groups in total. The van der Waals surface area contributed by atoms with Crippen LogP contribution in [0.1, 0.15) is 70.8 Å². The maximum atomic E-state index is 14.9. The van der Waals surface area contributed by atoms with Crippen LogP contribution < -0.4 is 10.2 Å². The van der Waals surface area contributed by atoms with E-state index in [1.54, 1.807) is 6.07 Å². The number of alkyl halides is 3. The first-order valence-electron chi connectivity index (χ1n) is 13.1. The Morgan fingerprint density at radius 2 is 1.64 bits per heavy atom. The van der Waals surface area contributed by atoms with E-state index >= 15 is 0 Å². The average Bonchev–Trinajstić information content (AvgIpc) is 3.81. The Morgan fingerprint density at radius 3 is 2.23 bits per heavy atom. The van der Waals surface area contributed by atoms with Crippen molar-refractivity contribution in [1.29, 1.82) is 0 Å². The summed E-state index contributed by atoms with van der Waals surface area (Å²) in [6.07, 6.45) is -0.430. The van der Waals surface area contributed by atoms with E-state index in [1.807, 2.05) is 48.2 Å². The SMILES string of the molecule is CC=O.Cc1ccc(C2(NC(=O)c3cccc4c3N(Cc3cccc(C(F)(F)F)c3F)CC43CC3)CC2)cc1. The minimum absolute atomic E-state index is 0.0259. The highest BCUT2D eigenvalue weighted by molar-refractivity contribution is 6.02. The molecule has 1 spiro atoms. The molecule has 6 rings (SSSR count). The zero-order chi connectivity index (χ0) is 28.0. The summed E-state index contributed by atoms with van der Waals surface area (Å²) in [5.74, 6) is -1.46. The number of nitrogens with zero attached hydrogens (tertiary/aromatic N) is 1. The molecule has 204 valence electrons. The standard InChI is InChI=1S/C29H26F4N2O.C2H4O/c1-18-8-10-20(11-9-18)28(14-15-28)34-26(36)21-5-3-7-23-25(21)35(17-27(23)12-13-27)16-19-4-2-6-22(24(19)30)29(31,32)33;1-2-3/h2-11H,12-17H2,1H3,(H,34,36);2H,1H3. The summed E-state index contributed by atoms with van der Waals surface area (Å²) in [7, 11) is 0. The Kier molecular flexibility index (Phi) is 6.77. The third-order valence-corrected chi connectivity index (χ3v) is 7.97. The number of benzene rings is 3. The molecule has 0 atom stereocenters. The van der Waals surface area contributed by atoms with Crippen LogP contribution in [0.3, 0.4) is 0 Å². The van der Waals surface area contributed by atoms with Crippen LogP contribution in [0.25, 0.3) is 0 Å². The molecule has 0 bridgehead atoms. The first-order chi connectivity index (χ1) is 18.5. The number of halogens is 4.